The van der Waals surface area contributed by atoms with Crippen molar-refractivity contribution in [3.63, 3.8) is 0 Å². The number of hydrogen-bond acceptors (Lipinski definition) is 4. The molecule has 0 aliphatic rings. The average Bonchev–Trinajstić information content (AvgIpc) is 2.50. The second kappa shape index (κ2) is 6.45. The fraction of sp³-hybridized carbons (Fsp3) is 0.143. The topological polar surface area (TPSA) is 74.8 Å². The lowest BCUT2D eigenvalue weighted by Crippen LogP contribution is -2.18. The zero-order valence-electron chi connectivity index (χ0n) is 10.8. The Hall–Kier alpha value is -3.48. The molecule has 6 heteroatoms. The van der Waals surface area contributed by atoms with Crippen LogP contribution in [0.1, 0.15) is 0 Å². The van der Waals surface area contributed by atoms with Gasteiger partial charge >= 0.3 is 5.82 Å². The highest BCUT2D eigenvalue weighted by Gasteiger charge is 2.14. The Morgan fingerprint density at radius 3 is 1.85 bits per heavy atom. The molecule has 1 rings (SSSR count). The summed E-state index contributed by atoms with van der Waals surface area (Å²) in [5, 5.41) is 18.4. The van der Waals surface area contributed by atoms with Crippen LogP contribution in [0.25, 0.3) is 21.1 Å². The van der Waals surface area contributed by atoms with Gasteiger partial charge in [0.2, 0.25) is 0 Å². The number of hydrogen-bond donors (Lipinski definition) is 0. The van der Waals surface area contributed by atoms with Gasteiger partial charge in [-0.05, 0) is 12.1 Å². The van der Waals surface area contributed by atoms with Gasteiger partial charge in [-0.15, -0.1) is 0 Å². The van der Waals surface area contributed by atoms with E-state index in [9.17, 15) is 0 Å². The highest BCUT2D eigenvalue weighted by Crippen LogP contribution is 2.11. The van der Waals surface area contributed by atoms with Gasteiger partial charge in [0.05, 0.1) is 14.2 Å². The zero-order valence-corrected chi connectivity index (χ0v) is 10.8. The van der Waals surface area contributed by atoms with Crippen molar-refractivity contribution in [3.05, 3.63) is 45.4 Å². The summed E-state index contributed by atoms with van der Waals surface area (Å²) in [6, 6.07) is 6.35. The molecule has 20 heavy (non-hydrogen) atoms. The van der Waals surface area contributed by atoms with Crippen LogP contribution in [-0.2, 0) is 0 Å². The quantitative estimate of drug-likeness (QED) is 0.741. The number of rotatable bonds is 2. The average molecular weight is 264 g/mol. The fourth-order valence-corrected chi connectivity index (χ4v) is 1.56. The van der Waals surface area contributed by atoms with Crippen LogP contribution in [0.4, 0.5) is 0 Å². The molecule has 0 unspecified atom stereocenters. The molecule has 0 fully saturated rings. The van der Waals surface area contributed by atoms with E-state index in [1.165, 1.54) is 26.4 Å². The first-order valence-corrected chi connectivity index (χ1v) is 5.22. The summed E-state index contributed by atoms with van der Waals surface area (Å²) in [6.07, 6.45) is 0. The lowest BCUT2D eigenvalue weighted by molar-refractivity contribution is 0.397. The standard InChI is InChI=1S/C14H8N4O2/c1-17-14(18-2)11-6-12(19-3)10(5-13(11)20-4)9(7-15)8-16/h5-6H,3-4H3. The molecule has 0 saturated heterocycles. The lowest BCUT2D eigenvalue weighted by atomic mass is 10.1. The molecule has 0 atom stereocenters. The molecular weight excluding hydrogens is 256 g/mol. The SMILES string of the molecule is [C-]#[N+]C([N+]#[C-])=c1cc(OC)c(=C(C#N)C#N)cc1OC. The molecule has 0 N–H and O–H groups in total. The van der Waals surface area contributed by atoms with E-state index >= 15 is 0 Å². The number of methoxy groups -OCH3 is 2. The highest BCUT2D eigenvalue weighted by atomic mass is 16.5. The number of nitrogens with zero attached hydrogens (tertiary/aromatic N) is 4. The second-order valence-electron chi connectivity index (χ2n) is 3.40. The Morgan fingerprint density at radius 2 is 1.45 bits per heavy atom. The Bertz CT molecular complexity index is 723. The summed E-state index contributed by atoms with van der Waals surface area (Å²) < 4.78 is 10.2. The van der Waals surface area contributed by atoms with Gasteiger partial charge in [0.15, 0.2) is 0 Å². The first kappa shape index (κ1) is 14.6. The minimum absolute atomic E-state index is 0.140. The van der Waals surface area contributed by atoms with Crippen molar-refractivity contribution < 1.29 is 9.47 Å². The van der Waals surface area contributed by atoms with Gasteiger partial charge in [0, 0.05) is 5.22 Å². The van der Waals surface area contributed by atoms with Gasteiger partial charge in [-0.2, -0.15) is 20.2 Å². The van der Waals surface area contributed by atoms with Gasteiger partial charge in [-0.25, -0.2) is 0 Å². The zero-order chi connectivity index (χ0) is 15.1. The molecule has 6 nitrogen and oxygen atoms in total. The Morgan fingerprint density at radius 1 is 1.00 bits per heavy atom. The lowest BCUT2D eigenvalue weighted by Gasteiger charge is -2.05. The summed E-state index contributed by atoms with van der Waals surface area (Å²) in [5.41, 5.74) is -0.140. The molecule has 0 radical (unpaired) electrons. The second-order valence-corrected chi connectivity index (χ2v) is 3.40. The highest BCUT2D eigenvalue weighted by molar-refractivity contribution is 5.74. The molecule has 1 aromatic carbocycles. The first-order chi connectivity index (χ1) is 9.66. The van der Waals surface area contributed by atoms with Crippen LogP contribution >= 0.6 is 0 Å². The van der Waals surface area contributed by atoms with Crippen molar-refractivity contribution in [2.24, 2.45) is 0 Å². The molecule has 0 aromatic heterocycles. The minimum atomic E-state index is -0.179. The van der Waals surface area contributed by atoms with Crippen molar-refractivity contribution in [1.29, 1.82) is 10.5 Å². The van der Waals surface area contributed by atoms with Gasteiger partial charge in [-0.1, -0.05) is 0 Å². The van der Waals surface area contributed by atoms with E-state index in [4.69, 9.17) is 33.1 Å². The van der Waals surface area contributed by atoms with Crippen LogP contribution in [0.2, 0.25) is 0 Å². The van der Waals surface area contributed by atoms with Crippen molar-refractivity contribution in [2.75, 3.05) is 14.2 Å². The van der Waals surface area contributed by atoms with Crippen molar-refractivity contribution >= 4 is 11.4 Å². The minimum Gasteiger partial charge on any atom is -0.497 e. The van der Waals surface area contributed by atoms with Crippen molar-refractivity contribution in [2.45, 2.75) is 0 Å². The van der Waals surface area contributed by atoms with Gasteiger partial charge < -0.3 is 9.47 Å². The van der Waals surface area contributed by atoms with Crippen LogP contribution in [-0.4, -0.2) is 14.2 Å². The number of ether oxygens (including phenoxy) is 2. The third-order valence-electron chi connectivity index (χ3n) is 2.47. The summed E-state index contributed by atoms with van der Waals surface area (Å²) in [5.74, 6) is 0.275. The molecular formula is C14H8N4O2. The van der Waals surface area contributed by atoms with Gasteiger partial charge in [0.1, 0.15) is 47.6 Å². The van der Waals surface area contributed by atoms with Crippen LogP contribution in [0.5, 0.6) is 11.5 Å². The van der Waals surface area contributed by atoms with E-state index in [0.29, 0.717) is 0 Å². The predicted octanol–water partition coefficient (Wildman–Crippen LogP) is 0.806. The summed E-state index contributed by atoms with van der Waals surface area (Å²) in [6.45, 7) is 14.0. The van der Waals surface area contributed by atoms with Crippen LogP contribution in [0, 0.1) is 35.8 Å². The normalized spacial score (nSPS) is 8.30. The number of benzene rings is 1. The molecule has 0 bridgehead atoms. The Balaban J connectivity index is 4.06. The van der Waals surface area contributed by atoms with E-state index in [2.05, 4.69) is 9.69 Å². The van der Waals surface area contributed by atoms with E-state index in [-0.39, 0.29) is 33.3 Å². The molecule has 1 aromatic rings. The maximum atomic E-state index is 8.93. The third-order valence-corrected chi connectivity index (χ3v) is 2.47. The fourth-order valence-electron chi connectivity index (χ4n) is 1.56. The monoisotopic (exact) mass is 264 g/mol. The van der Waals surface area contributed by atoms with Gasteiger partial charge in [-0.3, -0.25) is 0 Å². The van der Waals surface area contributed by atoms with Gasteiger partial charge in [0.25, 0.3) is 0 Å². The molecule has 96 valence electrons. The van der Waals surface area contributed by atoms with E-state index in [1.54, 1.807) is 12.1 Å². The predicted molar refractivity (Wildman–Crippen MR) is 70.0 cm³/mol. The molecule has 0 amide bonds. The van der Waals surface area contributed by atoms with Crippen molar-refractivity contribution in [3.8, 4) is 23.6 Å². The first-order valence-electron chi connectivity index (χ1n) is 5.22. The van der Waals surface area contributed by atoms with E-state index in [0.717, 1.165) is 0 Å². The number of nitriles is 2. The summed E-state index contributed by atoms with van der Waals surface area (Å²) in [7, 11) is 2.75. The smallest absolute Gasteiger partial charge is 0.497 e. The molecule has 0 heterocycles. The molecule has 0 aliphatic heterocycles. The van der Waals surface area contributed by atoms with Crippen molar-refractivity contribution in [1.82, 2.24) is 0 Å². The Labute approximate surface area is 115 Å². The molecule has 0 saturated carbocycles. The Kier molecular flexibility index (Phi) is 4.70. The maximum absolute atomic E-state index is 8.93. The molecule has 0 aliphatic carbocycles. The van der Waals surface area contributed by atoms with Crippen LogP contribution < -0.4 is 19.9 Å². The third kappa shape index (κ3) is 2.51. The van der Waals surface area contributed by atoms with Crippen LogP contribution in [0.3, 0.4) is 0 Å². The van der Waals surface area contributed by atoms with E-state index in [1.807, 2.05) is 0 Å². The summed E-state index contributed by atoms with van der Waals surface area (Å²) >= 11 is 0. The van der Waals surface area contributed by atoms with Crippen LogP contribution in [0.15, 0.2) is 12.1 Å². The molecule has 0 spiro atoms. The summed E-state index contributed by atoms with van der Waals surface area (Å²) in [4.78, 5) is 6.23. The maximum Gasteiger partial charge on any atom is 0.530 e. The largest absolute Gasteiger partial charge is 0.530 e. The van der Waals surface area contributed by atoms with E-state index < -0.39 is 0 Å².